The van der Waals surface area contributed by atoms with Gasteiger partial charge in [0.1, 0.15) is 5.82 Å². The van der Waals surface area contributed by atoms with Crippen LogP contribution in [0.15, 0.2) is 28.8 Å². The first-order chi connectivity index (χ1) is 12.9. The smallest absolute Gasteiger partial charge is 0.237 e. The van der Waals surface area contributed by atoms with Crippen LogP contribution >= 0.6 is 11.6 Å². The molecule has 1 atom stereocenters. The molecule has 144 valence electrons. The molecule has 1 aromatic heterocycles. The Balaban J connectivity index is 1.62. The Bertz CT molecular complexity index is 842. The van der Waals surface area contributed by atoms with Crippen molar-refractivity contribution in [2.45, 2.75) is 32.5 Å². The second-order valence-corrected chi connectivity index (χ2v) is 6.85. The van der Waals surface area contributed by atoms with Crippen molar-refractivity contribution in [3.63, 3.8) is 0 Å². The monoisotopic (exact) mass is 394 g/mol. The first-order valence-electron chi connectivity index (χ1n) is 8.57. The molecule has 0 saturated carbocycles. The number of aromatic nitrogens is 1. The Morgan fingerprint density at radius 1 is 1.48 bits per heavy atom. The number of nitrogens with one attached hydrogen (secondary N) is 2. The van der Waals surface area contributed by atoms with Crippen molar-refractivity contribution < 1.29 is 18.5 Å². The lowest BCUT2D eigenvalue weighted by Gasteiger charge is -2.34. The molecule has 7 nitrogen and oxygen atoms in total. The SMILES string of the molecule is Cc1cc(CNC(=O)C[C@H]2C(=O)NCCN2Cc2ccc(Cl)c(F)c2)on1. The Hall–Kier alpha value is -2.45. The average molecular weight is 395 g/mol. The van der Waals surface area contributed by atoms with Crippen LogP contribution in [-0.4, -0.2) is 41.0 Å². The minimum absolute atomic E-state index is 0.00494. The fourth-order valence-electron chi connectivity index (χ4n) is 2.98. The molecule has 0 spiro atoms. The average Bonchev–Trinajstić information content (AvgIpc) is 3.05. The lowest BCUT2D eigenvalue weighted by molar-refractivity contribution is -0.134. The fourth-order valence-corrected chi connectivity index (χ4v) is 3.10. The Morgan fingerprint density at radius 3 is 3.00 bits per heavy atom. The van der Waals surface area contributed by atoms with E-state index in [2.05, 4.69) is 15.8 Å². The number of carbonyl (C=O) groups is 2. The molecule has 1 aromatic carbocycles. The van der Waals surface area contributed by atoms with Gasteiger partial charge >= 0.3 is 0 Å². The molecule has 0 radical (unpaired) electrons. The molecule has 2 heterocycles. The van der Waals surface area contributed by atoms with Gasteiger partial charge in [-0.25, -0.2) is 4.39 Å². The summed E-state index contributed by atoms with van der Waals surface area (Å²) < 4.78 is 18.7. The van der Waals surface area contributed by atoms with Crippen LogP contribution in [0.3, 0.4) is 0 Å². The third-order valence-corrected chi connectivity index (χ3v) is 4.63. The third-order valence-electron chi connectivity index (χ3n) is 4.33. The molecule has 1 saturated heterocycles. The van der Waals surface area contributed by atoms with Gasteiger partial charge in [-0.15, -0.1) is 0 Å². The lowest BCUT2D eigenvalue weighted by Crippen LogP contribution is -2.56. The van der Waals surface area contributed by atoms with Gasteiger partial charge in [-0.3, -0.25) is 14.5 Å². The maximum Gasteiger partial charge on any atom is 0.237 e. The van der Waals surface area contributed by atoms with Gasteiger partial charge in [-0.05, 0) is 24.6 Å². The maximum atomic E-state index is 13.7. The van der Waals surface area contributed by atoms with Crippen LogP contribution in [0, 0.1) is 12.7 Å². The highest BCUT2D eigenvalue weighted by Gasteiger charge is 2.31. The fraction of sp³-hybridized carbons (Fsp3) is 0.389. The van der Waals surface area contributed by atoms with Crippen molar-refractivity contribution in [1.82, 2.24) is 20.7 Å². The molecule has 27 heavy (non-hydrogen) atoms. The summed E-state index contributed by atoms with van der Waals surface area (Å²) in [6.07, 6.45) is -0.00494. The molecule has 0 bridgehead atoms. The van der Waals surface area contributed by atoms with E-state index in [-0.39, 0.29) is 29.8 Å². The minimum atomic E-state index is -0.631. The Kier molecular flexibility index (Phi) is 6.08. The van der Waals surface area contributed by atoms with Gasteiger partial charge in [0.2, 0.25) is 11.8 Å². The van der Waals surface area contributed by atoms with Gasteiger partial charge in [0.05, 0.1) is 29.7 Å². The summed E-state index contributed by atoms with van der Waals surface area (Å²) in [6, 6.07) is 5.64. The zero-order valence-corrected chi connectivity index (χ0v) is 15.6. The van der Waals surface area contributed by atoms with Gasteiger partial charge < -0.3 is 15.2 Å². The zero-order chi connectivity index (χ0) is 19.4. The van der Waals surface area contributed by atoms with Crippen molar-refractivity contribution in [2.24, 2.45) is 0 Å². The molecule has 2 aromatic rings. The summed E-state index contributed by atoms with van der Waals surface area (Å²) in [5.74, 6) is -0.463. The van der Waals surface area contributed by atoms with Crippen molar-refractivity contribution in [3.8, 4) is 0 Å². The van der Waals surface area contributed by atoms with Crippen LogP contribution in [0.5, 0.6) is 0 Å². The van der Waals surface area contributed by atoms with E-state index in [1.165, 1.54) is 12.1 Å². The molecular formula is C18H20ClFN4O3. The molecule has 1 aliphatic rings. The largest absolute Gasteiger partial charge is 0.359 e. The second-order valence-electron chi connectivity index (χ2n) is 6.44. The number of piperazine rings is 1. The number of aryl methyl sites for hydroxylation is 1. The number of carbonyl (C=O) groups excluding carboxylic acids is 2. The number of halogens is 2. The van der Waals surface area contributed by atoms with Crippen molar-refractivity contribution in [3.05, 3.63) is 52.1 Å². The molecular weight excluding hydrogens is 375 g/mol. The van der Waals surface area contributed by atoms with E-state index < -0.39 is 11.9 Å². The van der Waals surface area contributed by atoms with Gasteiger partial charge in [0.25, 0.3) is 0 Å². The highest BCUT2D eigenvalue weighted by atomic mass is 35.5. The molecule has 1 fully saturated rings. The number of hydrogen-bond donors (Lipinski definition) is 2. The Morgan fingerprint density at radius 2 is 2.30 bits per heavy atom. The highest BCUT2D eigenvalue weighted by Crippen LogP contribution is 2.19. The summed E-state index contributed by atoms with van der Waals surface area (Å²) in [6.45, 7) is 3.38. The lowest BCUT2D eigenvalue weighted by atomic mass is 10.1. The van der Waals surface area contributed by atoms with Crippen LogP contribution in [0.25, 0.3) is 0 Å². The van der Waals surface area contributed by atoms with E-state index in [4.69, 9.17) is 16.1 Å². The van der Waals surface area contributed by atoms with Crippen molar-refractivity contribution in [2.75, 3.05) is 13.1 Å². The molecule has 3 rings (SSSR count). The number of benzene rings is 1. The second kappa shape index (κ2) is 8.49. The Labute approximate surface area is 160 Å². The van der Waals surface area contributed by atoms with E-state index in [1.54, 1.807) is 19.1 Å². The number of nitrogens with zero attached hydrogens (tertiary/aromatic N) is 2. The minimum Gasteiger partial charge on any atom is -0.359 e. The number of rotatable bonds is 6. The molecule has 2 amide bonds. The topological polar surface area (TPSA) is 87.5 Å². The van der Waals surface area contributed by atoms with E-state index in [0.717, 1.165) is 5.69 Å². The van der Waals surface area contributed by atoms with Crippen molar-refractivity contribution in [1.29, 1.82) is 0 Å². The zero-order valence-electron chi connectivity index (χ0n) is 14.8. The first-order valence-corrected chi connectivity index (χ1v) is 8.95. The van der Waals surface area contributed by atoms with E-state index in [1.807, 2.05) is 4.90 Å². The van der Waals surface area contributed by atoms with E-state index in [0.29, 0.717) is 31.0 Å². The maximum absolute atomic E-state index is 13.7. The van der Waals surface area contributed by atoms with Gasteiger partial charge in [0.15, 0.2) is 5.76 Å². The van der Waals surface area contributed by atoms with Crippen LogP contribution in [-0.2, 0) is 22.7 Å². The van der Waals surface area contributed by atoms with Crippen molar-refractivity contribution >= 4 is 23.4 Å². The first kappa shape index (κ1) is 19.3. The molecule has 9 heteroatoms. The van der Waals surface area contributed by atoms with Gasteiger partial charge in [-0.2, -0.15) is 0 Å². The summed E-state index contributed by atoms with van der Waals surface area (Å²) in [5.41, 5.74) is 1.42. The number of amides is 2. The summed E-state index contributed by atoms with van der Waals surface area (Å²) in [5, 5.41) is 9.30. The molecule has 0 aliphatic carbocycles. The normalized spacial score (nSPS) is 17.6. The van der Waals surface area contributed by atoms with E-state index >= 15 is 0 Å². The molecule has 0 unspecified atom stereocenters. The summed E-state index contributed by atoms with van der Waals surface area (Å²) in [4.78, 5) is 26.4. The molecule has 2 N–H and O–H groups in total. The van der Waals surface area contributed by atoms with Crippen LogP contribution in [0.2, 0.25) is 5.02 Å². The van der Waals surface area contributed by atoms with Crippen LogP contribution in [0.4, 0.5) is 4.39 Å². The highest BCUT2D eigenvalue weighted by molar-refractivity contribution is 6.30. The standard InChI is InChI=1S/C18H20ClFN4O3/c1-11-6-13(27-23-11)9-22-17(25)8-16-18(26)21-4-5-24(16)10-12-2-3-14(19)15(20)7-12/h2-3,6-7,16H,4-5,8-10H2,1H3,(H,21,26)(H,22,25)/t16-/m0/s1. The predicted octanol–water partition coefficient (Wildman–Crippen LogP) is 1.78. The summed E-state index contributed by atoms with van der Waals surface area (Å²) >= 11 is 5.71. The third kappa shape index (κ3) is 5.05. The van der Waals surface area contributed by atoms with Crippen LogP contribution in [0.1, 0.15) is 23.4 Å². The number of hydrogen-bond acceptors (Lipinski definition) is 5. The van der Waals surface area contributed by atoms with Crippen LogP contribution < -0.4 is 10.6 Å². The van der Waals surface area contributed by atoms with Gasteiger partial charge in [0, 0.05) is 25.7 Å². The van der Waals surface area contributed by atoms with Gasteiger partial charge in [-0.1, -0.05) is 22.8 Å². The quantitative estimate of drug-likeness (QED) is 0.779. The predicted molar refractivity (Wildman–Crippen MR) is 96.3 cm³/mol. The summed E-state index contributed by atoms with van der Waals surface area (Å²) in [7, 11) is 0. The van der Waals surface area contributed by atoms with E-state index in [9.17, 15) is 14.0 Å². The molecule has 1 aliphatic heterocycles.